The molecule has 0 radical (unpaired) electrons. The van der Waals surface area contributed by atoms with Crippen LogP contribution in [0, 0.1) is 5.82 Å². The molecule has 35 heavy (non-hydrogen) atoms. The van der Waals surface area contributed by atoms with E-state index in [0.29, 0.717) is 11.3 Å². The van der Waals surface area contributed by atoms with Crippen LogP contribution in [0.2, 0.25) is 0 Å². The Morgan fingerprint density at radius 3 is 2.54 bits per heavy atom. The van der Waals surface area contributed by atoms with Crippen molar-refractivity contribution >= 4 is 11.6 Å². The lowest BCUT2D eigenvalue weighted by atomic mass is 10.00. The minimum Gasteiger partial charge on any atom is -0.305 e. The number of rotatable bonds is 6. The number of anilines is 1. The number of pyridine rings is 2. The quantitative estimate of drug-likeness (QED) is 0.372. The second-order valence-electron chi connectivity index (χ2n) is 8.82. The summed E-state index contributed by atoms with van der Waals surface area (Å²) in [4.78, 5) is 26.2. The number of carbonyl (C=O) groups excluding carboxylic acids is 1. The van der Waals surface area contributed by atoms with E-state index in [-0.39, 0.29) is 17.8 Å². The zero-order valence-electron chi connectivity index (χ0n) is 19.4. The van der Waals surface area contributed by atoms with E-state index in [4.69, 9.17) is 0 Å². The number of likely N-dealkylation sites (tertiary alicyclic amines) is 1. The summed E-state index contributed by atoms with van der Waals surface area (Å²) >= 11 is 0. The summed E-state index contributed by atoms with van der Waals surface area (Å²) in [5, 5.41) is 0. The van der Waals surface area contributed by atoms with Crippen molar-refractivity contribution in [2.45, 2.75) is 25.4 Å². The van der Waals surface area contributed by atoms with E-state index in [2.05, 4.69) is 39.1 Å². The highest BCUT2D eigenvalue weighted by Gasteiger charge is 2.30. The van der Waals surface area contributed by atoms with Crippen LogP contribution in [-0.4, -0.2) is 39.9 Å². The van der Waals surface area contributed by atoms with Crippen molar-refractivity contribution in [3.8, 4) is 11.3 Å². The van der Waals surface area contributed by atoms with E-state index in [1.54, 1.807) is 41.6 Å². The first-order chi connectivity index (χ1) is 17.2. The molecule has 4 aromatic rings. The van der Waals surface area contributed by atoms with Gasteiger partial charge in [0.05, 0.1) is 11.3 Å². The van der Waals surface area contributed by atoms with E-state index in [9.17, 15) is 9.18 Å². The van der Waals surface area contributed by atoms with E-state index in [1.807, 2.05) is 24.4 Å². The van der Waals surface area contributed by atoms with E-state index in [0.717, 1.165) is 43.7 Å². The van der Waals surface area contributed by atoms with Crippen LogP contribution in [0.3, 0.4) is 0 Å². The monoisotopic (exact) mass is 466 g/mol. The van der Waals surface area contributed by atoms with Crippen molar-refractivity contribution in [2.75, 3.05) is 18.0 Å². The molecule has 0 bridgehead atoms. The Hall–Kier alpha value is -3.90. The molecule has 5 rings (SSSR count). The Labute approximate surface area is 204 Å². The molecule has 0 atom stereocenters. The van der Waals surface area contributed by atoms with Gasteiger partial charge in [0, 0.05) is 55.5 Å². The molecule has 1 amide bonds. The Morgan fingerprint density at radius 1 is 0.943 bits per heavy atom. The molecule has 5 nitrogen and oxygen atoms in total. The van der Waals surface area contributed by atoms with Gasteiger partial charge in [-0.15, -0.1) is 0 Å². The molecule has 0 saturated carbocycles. The Morgan fingerprint density at radius 2 is 1.80 bits per heavy atom. The van der Waals surface area contributed by atoms with Crippen molar-refractivity contribution in [1.82, 2.24) is 14.9 Å². The van der Waals surface area contributed by atoms with Gasteiger partial charge in [-0.2, -0.15) is 0 Å². The zero-order chi connectivity index (χ0) is 24.0. The van der Waals surface area contributed by atoms with Crippen molar-refractivity contribution in [3.05, 3.63) is 114 Å². The lowest BCUT2D eigenvalue weighted by molar-refractivity contribution is 0.0958. The van der Waals surface area contributed by atoms with Crippen LogP contribution in [0.1, 0.15) is 28.8 Å². The summed E-state index contributed by atoms with van der Waals surface area (Å²) in [6, 6.07) is 24.2. The first-order valence-corrected chi connectivity index (χ1v) is 11.9. The highest BCUT2D eigenvalue weighted by molar-refractivity contribution is 6.06. The van der Waals surface area contributed by atoms with Gasteiger partial charge in [-0.3, -0.25) is 19.7 Å². The van der Waals surface area contributed by atoms with Crippen LogP contribution >= 0.6 is 0 Å². The molecule has 2 aromatic heterocycles. The number of benzene rings is 2. The summed E-state index contributed by atoms with van der Waals surface area (Å²) in [7, 11) is 0. The number of amides is 1. The third kappa shape index (κ3) is 5.44. The molecule has 3 heterocycles. The van der Waals surface area contributed by atoms with Gasteiger partial charge in [-0.25, -0.2) is 4.39 Å². The minimum absolute atomic E-state index is 0.0133. The van der Waals surface area contributed by atoms with E-state index in [1.165, 1.54) is 17.7 Å². The summed E-state index contributed by atoms with van der Waals surface area (Å²) in [6.07, 6.45) is 6.64. The molecule has 1 saturated heterocycles. The largest absolute Gasteiger partial charge is 0.305 e. The predicted octanol–water partition coefficient (Wildman–Crippen LogP) is 5.59. The third-order valence-corrected chi connectivity index (χ3v) is 6.43. The van der Waals surface area contributed by atoms with Crippen LogP contribution in [0.15, 0.2) is 97.5 Å². The predicted molar refractivity (Wildman–Crippen MR) is 135 cm³/mol. The van der Waals surface area contributed by atoms with Crippen LogP contribution in [-0.2, 0) is 6.54 Å². The molecule has 6 heteroatoms. The number of nitrogens with zero attached hydrogens (tertiary/aromatic N) is 4. The summed E-state index contributed by atoms with van der Waals surface area (Å²) in [5.74, 6) is -0.498. The number of halogens is 1. The first-order valence-electron chi connectivity index (χ1n) is 11.9. The standard InChI is InChI=1S/C29H27FN4O/c30-25-9-4-10-27(19-25)34(29(35)24-8-5-14-31-20-24)26-12-16-33(17-13-26)21-22-6-3-7-23(18-22)28-11-1-2-15-32-28/h1-11,14-15,18-20,26H,12-13,16-17,21H2. The Bertz CT molecular complexity index is 1270. The SMILES string of the molecule is O=C(c1cccnc1)N(c1cccc(F)c1)C1CCN(Cc2cccc(-c3ccccn3)c2)CC1. The minimum atomic E-state index is -0.350. The number of hydrogen-bond donors (Lipinski definition) is 0. The fourth-order valence-corrected chi connectivity index (χ4v) is 4.70. The summed E-state index contributed by atoms with van der Waals surface area (Å²) in [6.45, 7) is 2.54. The van der Waals surface area contributed by atoms with Gasteiger partial charge in [0.15, 0.2) is 0 Å². The maximum atomic E-state index is 14.1. The first kappa shape index (κ1) is 22.9. The van der Waals surface area contributed by atoms with Crippen LogP contribution in [0.25, 0.3) is 11.3 Å². The number of aromatic nitrogens is 2. The molecule has 0 unspecified atom stereocenters. The van der Waals surface area contributed by atoms with E-state index < -0.39 is 0 Å². The molecular weight excluding hydrogens is 439 g/mol. The molecule has 0 N–H and O–H groups in total. The number of hydrogen-bond acceptors (Lipinski definition) is 4. The number of piperidine rings is 1. The molecule has 1 fully saturated rings. The highest BCUT2D eigenvalue weighted by Crippen LogP contribution is 2.27. The van der Waals surface area contributed by atoms with Crippen molar-refractivity contribution in [2.24, 2.45) is 0 Å². The Kier molecular flexibility index (Phi) is 6.91. The molecule has 0 aliphatic carbocycles. The maximum Gasteiger partial charge on any atom is 0.260 e. The average molecular weight is 467 g/mol. The average Bonchev–Trinajstić information content (AvgIpc) is 2.91. The van der Waals surface area contributed by atoms with Crippen LogP contribution in [0.4, 0.5) is 10.1 Å². The normalized spacial score (nSPS) is 14.5. The topological polar surface area (TPSA) is 49.3 Å². The van der Waals surface area contributed by atoms with Crippen molar-refractivity contribution < 1.29 is 9.18 Å². The Balaban J connectivity index is 1.30. The number of carbonyl (C=O) groups is 1. The smallest absolute Gasteiger partial charge is 0.260 e. The van der Waals surface area contributed by atoms with Crippen molar-refractivity contribution in [3.63, 3.8) is 0 Å². The molecule has 1 aliphatic rings. The van der Waals surface area contributed by atoms with Gasteiger partial charge in [0.2, 0.25) is 0 Å². The zero-order valence-corrected chi connectivity index (χ0v) is 19.4. The molecule has 2 aromatic carbocycles. The van der Waals surface area contributed by atoms with Gasteiger partial charge in [0.25, 0.3) is 5.91 Å². The lowest BCUT2D eigenvalue weighted by Gasteiger charge is -2.38. The second-order valence-corrected chi connectivity index (χ2v) is 8.82. The fraction of sp³-hybridized carbons (Fsp3) is 0.207. The fourth-order valence-electron chi connectivity index (χ4n) is 4.70. The highest BCUT2D eigenvalue weighted by atomic mass is 19.1. The lowest BCUT2D eigenvalue weighted by Crippen LogP contribution is -2.47. The van der Waals surface area contributed by atoms with Crippen LogP contribution < -0.4 is 4.90 Å². The van der Waals surface area contributed by atoms with Gasteiger partial charge >= 0.3 is 0 Å². The second kappa shape index (κ2) is 10.6. The molecule has 1 aliphatic heterocycles. The van der Waals surface area contributed by atoms with Crippen molar-refractivity contribution in [1.29, 1.82) is 0 Å². The van der Waals surface area contributed by atoms with E-state index >= 15 is 0 Å². The summed E-state index contributed by atoms with van der Waals surface area (Å²) in [5.41, 5.74) is 4.40. The van der Waals surface area contributed by atoms with Gasteiger partial charge in [-0.05, 0) is 66.9 Å². The molecule has 176 valence electrons. The maximum absolute atomic E-state index is 14.1. The molecular formula is C29H27FN4O. The summed E-state index contributed by atoms with van der Waals surface area (Å²) < 4.78 is 14.1. The van der Waals surface area contributed by atoms with Crippen LogP contribution in [0.5, 0.6) is 0 Å². The van der Waals surface area contributed by atoms with Gasteiger partial charge < -0.3 is 4.90 Å². The third-order valence-electron chi connectivity index (χ3n) is 6.43. The van der Waals surface area contributed by atoms with Gasteiger partial charge in [-0.1, -0.05) is 30.3 Å². The molecule has 0 spiro atoms. The van der Waals surface area contributed by atoms with Gasteiger partial charge in [0.1, 0.15) is 5.82 Å².